The molecule has 0 unspecified atom stereocenters. The number of ether oxygens (including phenoxy) is 2. The molecule has 1 aromatic carbocycles. The SMILES string of the molecule is CCCCCCCCCCCC[C@H]1CO[C@H](c2ccc(N=C=S)cc2)OC1. The summed E-state index contributed by atoms with van der Waals surface area (Å²) in [5.74, 6) is 0.536. The second-order valence-electron chi connectivity index (χ2n) is 7.63. The van der Waals surface area contributed by atoms with Crippen molar-refractivity contribution in [2.24, 2.45) is 10.9 Å². The van der Waals surface area contributed by atoms with E-state index < -0.39 is 0 Å². The summed E-state index contributed by atoms with van der Waals surface area (Å²) in [5, 5.41) is 2.38. The van der Waals surface area contributed by atoms with Crippen LogP contribution in [0.4, 0.5) is 5.69 Å². The van der Waals surface area contributed by atoms with Gasteiger partial charge in [0.1, 0.15) is 0 Å². The maximum Gasteiger partial charge on any atom is 0.183 e. The first-order chi connectivity index (χ1) is 13.3. The molecular formula is C23H35NO2S. The summed E-state index contributed by atoms with van der Waals surface area (Å²) in [4.78, 5) is 3.97. The van der Waals surface area contributed by atoms with Crippen molar-refractivity contribution < 1.29 is 9.47 Å². The fraction of sp³-hybridized carbons (Fsp3) is 0.696. The van der Waals surface area contributed by atoms with Gasteiger partial charge in [-0.2, -0.15) is 4.99 Å². The van der Waals surface area contributed by atoms with Crippen LogP contribution < -0.4 is 0 Å². The first kappa shape index (κ1) is 22.2. The van der Waals surface area contributed by atoms with Crippen molar-refractivity contribution >= 4 is 23.1 Å². The van der Waals surface area contributed by atoms with E-state index in [0.29, 0.717) is 5.92 Å². The minimum absolute atomic E-state index is 0.250. The van der Waals surface area contributed by atoms with Gasteiger partial charge in [0.15, 0.2) is 6.29 Å². The summed E-state index contributed by atoms with van der Waals surface area (Å²) in [6.07, 6.45) is 14.8. The second kappa shape index (κ2) is 14.0. The number of thiocarbonyl (C=S) groups is 1. The number of aliphatic imine (C=N–C) groups is 1. The highest BCUT2D eigenvalue weighted by Crippen LogP contribution is 2.28. The molecule has 150 valence electrons. The Hall–Kier alpha value is -1.06. The Labute approximate surface area is 170 Å². The van der Waals surface area contributed by atoms with Crippen molar-refractivity contribution in [2.45, 2.75) is 83.8 Å². The number of nitrogens with zero attached hydrogens (tertiary/aromatic N) is 1. The van der Waals surface area contributed by atoms with Gasteiger partial charge in [-0.25, -0.2) is 0 Å². The molecule has 1 aromatic rings. The highest BCUT2D eigenvalue weighted by molar-refractivity contribution is 7.78. The lowest BCUT2D eigenvalue weighted by molar-refractivity contribution is -0.206. The average molecular weight is 390 g/mol. The normalized spacial score (nSPS) is 19.6. The molecular weight excluding hydrogens is 354 g/mol. The van der Waals surface area contributed by atoms with Gasteiger partial charge < -0.3 is 9.47 Å². The number of hydrogen-bond acceptors (Lipinski definition) is 4. The molecule has 4 heteroatoms. The largest absolute Gasteiger partial charge is 0.348 e. The van der Waals surface area contributed by atoms with Crippen LogP contribution in [0.3, 0.4) is 0 Å². The number of benzene rings is 1. The Balaban J connectivity index is 1.50. The Morgan fingerprint density at radius 2 is 1.44 bits per heavy atom. The van der Waals surface area contributed by atoms with Crippen LogP contribution in [0.5, 0.6) is 0 Å². The van der Waals surface area contributed by atoms with Gasteiger partial charge in [-0.15, -0.1) is 0 Å². The fourth-order valence-electron chi connectivity index (χ4n) is 3.58. The van der Waals surface area contributed by atoms with E-state index in [9.17, 15) is 0 Å². The lowest BCUT2D eigenvalue weighted by atomic mass is 10.0. The third-order valence-electron chi connectivity index (χ3n) is 5.27. The van der Waals surface area contributed by atoms with Crippen LogP contribution in [0.25, 0.3) is 0 Å². The van der Waals surface area contributed by atoms with Crippen LogP contribution >= 0.6 is 12.2 Å². The third kappa shape index (κ3) is 9.12. The van der Waals surface area contributed by atoms with E-state index in [0.717, 1.165) is 24.5 Å². The molecule has 0 aliphatic carbocycles. The van der Waals surface area contributed by atoms with Crippen molar-refractivity contribution in [1.29, 1.82) is 0 Å². The van der Waals surface area contributed by atoms with Gasteiger partial charge in [-0.3, -0.25) is 0 Å². The Morgan fingerprint density at radius 1 is 0.889 bits per heavy atom. The van der Waals surface area contributed by atoms with Crippen LogP contribution in [0.1, 0.15) is 89.4 Å². The van der Waals surface area contributed by atoms with Gasteiger partial charge in [0.05, 0.1) is 24.1 Å². The maximum absolute atomic E-state index is 5.93. The first-order valence-corrected chi connectivity index (χ1v) is 11.2. The molecule has 0 saturated carbocycles. The highest BCUT2D eigenvalue weighted by Gasteiger charge is 2.23. The molecule has 1 saturated heterocycles. The lowest BCUT2D eigenvalue weighted by Gasteiger charge is -2.29. The summed E-state index contributed by atoms with van der Waals surface area (Å²) in [6.45, 7) is 3.86. The van der Waals surface area contributed by atoms with Crippen molar-refractivity contribution in [1.82, 2.24) is 0 Å². The van der Waals surface area contributed by atoms with Crippen LogP contribution in [0.2, 0.25) is 0 Å². The van der Waals surface area contributed by atoms with E-state index >= 15 is 0 Å². The Bertz CT molecular complexity index is 546. The molecule has 0 atom stereocenters. The van der Waals surface area contributed by atoms with Gasteiger partial charge in [0, 0.05) is 11.5 Å². The molecule has 0 spiro atoms. The third-order valence-corrected chi connectivity index (χ3v) is 5.36. The lowest BCUT2D eigenvalue weighted by Crippen LogP contribution is -2.27. The minimum atomic E-state index is -0.250. The number of isothiocyanates is 1. The maximum atomic E-state index is 5.93. The fourth-order valence-corrected chi connectivity index (χ4v) is 3.69. The molecule has 1 aliphatic rings. The highest BCUT2D eigenvalue weighted by atomic mass is 32.1. The summed E-state index contributed by atoms with van der Waals surface area (Å²) in [6, 6.07) is 7.80. The minimum Gasteiger partial charge on any atom is -0.348 e. The zero-order valence-corrected chi connectivity index (χ0v) is 17.6. The summed E-state index contributed by atoms with van der Waals surface area (Å²) >= 11 is 4.62. The zero-order chi connectivity index (χ0) is 19.2. The van der Waals surface area contributed by atoms with E-state index in [1.807, 2.05) is 24.3 Å². The Kier molecular flexibility index (Phi) is 11.5. The number of hydrogen-bond donors (Lipinski definition) is 0. The predicted molar refractivity (Wildman–Crippen MR) is 116 cm³/mol. The van der Waals surface area contributed by atoms with E-state index in [-0.39, 0.29) is 6.29 Å². The zero-order valence-electron chi connectivity index (χ0n) is 16.8. The quantitative estimate of drug-likeness (QED) is 0.200. The molecule has 3 nitrogen and oxygen atoms in total. The van der Waals surface area contributed by atoms with Crippen molar-refractivity contribution in [3.8, 4) is 0 Å². The Morgan fingerprint density at radius 3 is 2.00 bits per heavy atom. The van der Waals surface area contributed by atoms with Gasteiger partial charge in [-0.05, 0) is 30.8 Å². The van der Waals surface area contributed by atoms with Crippen LogP contribution in [-0.4, -0.2) is 18.4 Å². The van der Waals surface area contributed by atoms with E-state index in [2.05, 4.69) is 29.3 Å². The summed E-state index contributed by atoms with van der Waals surface area (Å²) < 4.78 is 11.9. The monoisotopic (exact) mass is 389 g/mol. The molecule has 0 amide bonds. The summed E-state index contributed by atoms with van der Waals surface area (Å²) in [7, 11) is 0. The molecule has 1 aliphatic heterocycles. The topological polar surface area (TPSA) is 30.8 Å². The second-order valence-corrected chi connectivity index (χ2v) is 7.81. The smallest absolute Gasteiger partial charge is 0.183 e. The van der Waals surface area contributed by atoms with Crippen LogP contribution in [0.15, 0.2) is 29.3 Å². The molecule has 1 heterocycles. The molecule has 0 N–H and O–H groups in total. The van der Waals surface area contributed by atoms with Gasteiger partial charge in [0.2, 0.25) is 0 Å². The molecule has 1 fully saturated rings. The van der Waals surface area contributed by atoms with Gasteiger partial charge in [0.25, 0.3) is 0 Å². The molecule has 0 aromatic heterocycles. The van der Waals surface area contributed by atoms with Gasteiger partial charge in [-0.1, -0.05) is 83.3 Å². The molecule has 0 bridgehead atoms. The van der Waals surface area contributed by atoms with Gasteiger partial charge >= 0.3 is 0 Å². The van der Waals surface area contributed by atoms with E-state index in [1.54, 1.807) is 0 Å². The van der Waals surface area contributed by atoms with Crippen LogP contribution in [0, 0.1) is 5.92 Å². The van der Waals surface area contributed by atoms with E-state index in [4.69, 9.17) is 9.47 Å². The predicted octanol–water partition coefficient (Wildman–Crippen LogP) is 7.39. The molecule has 27 heavy (non-hydrogen) atoms. The van der Waals surface area contributed by atoms with Crippen molar-refractivity contribution in [2.75, 3.05) is 13.2 Å². The summed E-state index contributed by atoms with van der Waals surface area (Å²) in [5.41, 5.74) is 1.85. The average Bonchev–Trinajstić information content (AvgIpc) is 2.71. The number of rotatable bonds is 13. The standard InChI is InChI=1S/C23H35NO2S/c1-2-3-4-5-6-7-8-9-10-11-12-20-17-25-23(26-18-20)21-13-15-22(16-14-21)24-19-27/h13-16,20,23H,2-12,17-18H2,1H3/t20-,23-. The van der Waals surface area contributed by atoms with Crippen molar-refractivity contribution in [3.05, 3.63) is 29.8 Å². The first-order valence-electron chi connectivity index (χ1n) is 10.7. The van der Waals surface area contributed by atoms with Crippen molar-refractivity contribution in [3.63, 3.8) is 0 Å². The number of unbranched alkanes of at least 4 members (excludes halogenated alkanes) is 9. The van der Waals surface area contributed by atoms with E-state index in [1.165, 1.54) is 70.6 Å². The molecule has 2 rings (SSSR count). The molecule has 0 radical (unpaired) electrons. The van der Waals surface area contributed by atoms with Crippen LogP contribution in [-0.2, 0) is 9.47 Å².